The van der Waals surface area contributed by atoms with Gasteiger partial charge in [-0.2, -0.15) is 0 Å². The smallest absolute Gasteiger partial charge is 0.348 e. The standard InChI is InChI=1S/C10H10N2O2S2/c1-11-10-12-6(5-15-10)7-3-4-8(16-7)9(13)14-2/h3-5H,1-2H3,(H,11,12). The Morgan fingerprint density at radius 1 is 1.50 bits per heavy atom. The van der Waals surface area contributed by atoms with Crippen LogP contribution in [0.15, 0.2) is 17.5 Å². The van der Waals surface area contributed by atoms with E-state index >= 15 is 0 Å². The number of aromatic nitrogens is 1. The summed E-state index contributed by atoms with van der Waals surface area (Å²) in [6, 6.07) is 3.63. The molecule has 0 radical (unpaired) electrons. The number of methoxy groups -OCH3 is 1. The number of ether oxygens (including phenoxy) is 1. The zero-order valence-corrected chi connectivity index (χ0v) is 10.4. The molecule has 0 fully saturated rings. The van der Waals surface area contributed by atoms with Crippen LogP contribution in [0.3, 0.4) is 0 Å². The van der Waals surface area contributed by atoms with Crippen molar-refractivity contribution in [3.63, 3.8) is 0 Å². The molecule has 0 saturated heterocycles. The van der Waals surface area contributed by atoms with Crippen LogP contribution in [0.5, 0.6) is 0 Å². The first-order valence-corrected chi connectivity index (χ1v) is 6.26. The highest BCUT2D eigenvalue weighted by molar-refractivity contribution is 7.18. The number of hydrogen-bond acceptors (Lipinski definition) is 6. The molecule has 16 heavy (non-hydrogen) atoms. The monoisotopic (exact) mass is 254 g/mol. The van der Waals surface area contributed by atoms with E-state index in [1.807, 2.05) is 18.5 Å². The minimum Gasteiger partial charge on any atom is -0.465 e. The zero-order valence-electron chi connectivity index (χ0n) is 8.81. The minimum atomic E-state index is -0.305. The van der Waals surface area contributed by atoms with Gasteiger partial charge in [0.05, 0.1) is 17.7 Å². The first-order chi connectivity index (χ1) is 7.74. The second-order valence-electron chi connectivity index (χ2n) is 2.94. The Labute approximate surface area is 101 Å². The topological polar surface area (TPSA) is 51.2 Å². The molecule has 0 aliphatic heterocycles. The predicted molar refractivity (Wildman–Crippen MR) is 66.3 cm³/mol. The summed E-state index contributed by atoms with van der Waals surface area (Å²) in [6.45, 7) is 0. The van der Waals surface area contributed by atoms with Crippen LogP contribution in [0, 0.1) is 0 Å². The van der Waals surface area contributed by atoms with Gasteiger partial charge < -0.3 is 10.1 Å². The Hall–Kier alpha value is -1.40. The van der Waals surface area contributed by atoms with Crippen molar-refractivity contribution < 1.29 is 9.53 Å². The summed E-state index contributed by atoms with van der Waals surface area (Å²) < 4.78 is 4.65. The first kappa shape index (κ1) is 11.1. The summed E-state index contributed by atoms with van der Waals surface area (Å²) in [5.74, 6) is -0.305. The van der Waals surface area contributed by atoms with E-state index in [1.165, 1.54) is 29.8 Å². The van der Waals surface area contributed by atoms with E-state index in [0.29, 0.717) is 4.88 Å². The largest absolute Gasteiger partial charge is 0.465 e. The molecule has 2 heterocycles. The van der Waals surface area contributed by atoms with Crippen LogP contribution in [0.25, 0.3) is 10.6 Å². The summed E-state index contributed by atoms with van der Waals surface area (Å²) in [5, 5.41) is 5.80. The van der Waals surface area contributed by atoms with Gasteiger partial charge in [-0.1, -0.05) is 0 Å². The molecule has 2 rings (SSSR count). The molecule has 0 aromatic carbocycles. The molecule has 4 nitrogen and oxygen atoms in total. The molecule has 0 atom stereocenters. The van der Waals surface area contributed by atoms with Gasteiger partial charge in [-0.15, -0.1) is 22.7 Å². The van der Waals surface area contributed by atoms with Gasteiger partial charge in [-0.3, -0.25) is 0 Å². The molecule has 0 amide bonds. The molecule has 6 heteroatoms. The molecule has 1 N–H and O–H groups in total. The summed E-state index contributed by atoms with van der Waals surface area (Å²) in [7, 11) is 3.21. The van der Waals surface area contributed by atoms with Gasteiger partial charge in [-0.05, 0) is 12.1 Å². The lowest BCUT2D eigenvalue weighted by atomic mass is 10.4. The fourth-order valence-corrected chi connectivity index (χ4v) is 2.82. The van der Waals surface area contributed by atoms with Crippen molar-refractivity contribution in [2.75, 3.05) is 19.5 Å². The van der Waals surface area contributed by atoms with E-state index in [0.717, 1.165) is 15.7 Å². The number of thiazole rings is 1. The van der Waals surface area contributed by atoms with E-state index < -0.39 is 0 Å². The van der Waals surface area contributed by atoms with Crippen molar-refractivity contribution in [2.24, 2.45) is 0 Å². The number of anilines is 1. The Morgan fingerprint density at radius 3 is 2.94 bits per heavy atom. The van der Waals surface area contributed by atoms with Gasteiger partial charge in [0.25, 0.3) is 0 Å². The van der Waals surface area contributed by atoms with Crippen molar-refractivity contribution >= 4 is 33.8 Å². The third-order valence-electron chi connectivity index (χ3n) is 1.96. The van der Waals surface area contributed by atoms with Crippen molar-refractivity contribution in [1.29, 1.82) is 0 Å². The fraction of sp³-hybridized carbons (Fsp3) is 0.200. The van der Waals surface area contributed by atoms with Crippen LogP contribution in [0.4, 0.5) is 5.13 Å². The van der Waals surface area contributed by atoms with Gasteiger partial charge in [0, 0.05) is 12.4 Å². The number of rotatable bonds is 3. The highest BCUT2D eigenvalue weighted by atomic mass is 32.1. The Bertz CT molecular complexity index is 504. The molecule has 0 saturated carbocycles. The number of esters is 1. The molecule has 0 spiro atoms. The van der Waals surface area contributed by atoms with Gasteiger partial charge in [0.15, 0.2) is 5.13 Å². The second-order valence-corrected chi connectivity index (χ2v) is 4.89. The van der Waals surface area contributed by atoms with E-state index in [9.17, 15) is 4.79 Å². The van der Waals surface area contributed by atoms with E-state index in [4.69, 9.17) is 0 Å². The van der Waals surface area contributed by atoms with Crippen LogP contribution in [-0.4, -0.2) is 25.1 Å². The molecule has 0 aliphatic carbocycles. The first-order valence-electron chi connectivity index (χ1n) is 4.56. The molecular weight excluding hydrogens is 244 g/mol. The van der Waals surface area contributed by atoms with Gasteiger partial charge in [-0.25, -0.2) is 9.78 Å². The molecular formula is C10H10N2O2S2. The van der Waals surface area contributed by atoms with Crippen molar-refractivity contribution in [1.82, 2.24) is 4.98 Å². The van der Waals surface area contributed by atoms with E-state index in [1.54, 1.807) is 6.07 Å². The fourth-order valence-electron chi connectivity index (χ4n) is 1.19. The van der Waals surface area contributed by atoms with Crippen LogP contribution >= 0.6 is 22.7 Å². The molecule has 0 unspecified atom stereocenters. The normalized spacial score (nSPS) is 10.1. The van der Waals surface area contributed by atoms with E-state index in [2.05, 4.69) is 15.0 Å². The maximum Gasteiger partial charge on any atom is 0.348 e. The Balaban J connectivity index is 2.27. The maximum absolute atomic E-state index is 11.3. The SMILES string of the molecule is CNc1nc(-c2ccc(C(=O)OC)s2)cs1. The predicted octanol–water partition coefficient (Wildman–Crippen LogP) is 2.70. The van der Waals surface area contributed by atoms with Crippen LogP contribution < -0.4 is 5.32 Å². The number of carbonyl (C=O) groups is 1. The summed E-state index contributed by atoms with van der Waals surface area (Å²) in [5.41, 5.74) is 0.884. The Kier molecular flexibility index (Phi) is 3.21. The van der Waals surface area contributed by atoms with Crippen LogP contribution in [-0.2, 0) is 4.74 Å². The highest BCUT2D eigenvalue weighted by Crippen LogP contribution is 2.30. The molecule has 0 bridgehead atoms. The third-order valence-corrected chi connectivity index (χ3v) is 3.91. The lowest BCUT2D eigenvalue weighted by Gasteiger charge is -1.92. The van der Waals surface area contributed by atoms with Gasteiger partial charge >= 0.3 is 5.97 Å². The highest BCUT2D eigenvalue weighted by Gasteiger charge is 2.11. The van der Waals surface area contributed by atoms with Crippen molar-refractivity contribution in [2.45, 2.75) is 0 Å². The lowest BCUT2D eigenvalue weighted by Crippen LogP contribution is -1.96. The van der Waals surface area contributed by atoms with Crippen LogP contribution in [0.1, 0.15) is 9.67 Å². The average Bonchev–Trinajstić information content (AvgIpc) is 2.95. The number of nitrogens with one attached hydrogen (secondary N) is 1. The zero-order chi connectivity index (χ0) is 11.5. The number of hydrogen-bond donors (Lipinski definition) is 1. The number of thiophene rings is 1. The van der Waals surface area contributed by atoms with E-state index in [-0.39, 0.29) is 5.97 Å². The van der Waals surface area contributed by atoms with Crippen LogP contribution in [0.2, 0.25) is 0 Å². The maximum atomic E-state index is 11.3. The minimum absolute atomic E-state index is 0.305. The average molecular weight is 254 g/mol. The molecule has 2 aromatic rings. The molecule has 0 aliphatic rings. The van der Waals surface area contributed by atoms with Gasteiger partial charge in [0.1, 0.15) is 4.88 Å². The number of nitrogens with zero attached hydrogens (tertiary/aromatic N) is 1. The summed E-state index contributed by atoms with van der Waals surface area (Å²) in [4.78, 5) is 17.2. The van der Waals surface area contributed by atoms with Crippen molar-refractivity contribution in [3.8, 4) is 10.6 Å². The van der Waals surface area contributed by atoms with Gasteiger partial charge in [0.2, 0.25) is 0 Å². The Morgan fingerprint density at radius 2 is 2.31 bits per heavy atom. The quantitative estimate of drug-likeness (QED) is 0.856. The summed E-state index contributed by atoms with van der Waals surface area (Å²) in [6.07, 6.45) is 0. The lowest BCUT2D eigenvalue weighted by molar-refractivity contribution is 0.0606. The number of carbonyl (C=O) groups excluding carboxylic acids is 1. The molecule has 84 valence electrons. The van der Waals surface area contributed by atoms with Crippen molar-refractivity contribution in [3.05, 3.63) is 22.4 Å². The summed E-state index contributed by atoms with van der Waals surface area (Å²) >= 11 is 2.92. The second kappa shape index (κ2) is 4.63. The third kappa shape index (κ3) is 2.07. The molecule has 2 aromatic heterocycles.